The topological polar surface area (TPSA) is 44.7 Å². The van der Waals surface area contributed by atoms with E-state index in [1.54, 1.807) is 18.2 Å². The maximum Gasteiger partial charge on any atom is 0.264 e. The van der Waals surface area contributed by atoms with Crippen LogP contribution in [0.15, 0.2) is 33.8 Å². The quantitative estimate of drug-likeness (QED) is 0.902. The fraction of sp³-hybridized carbons (Fsp3) is 0.231. The van der Waals surface area contributed by atoms with Crippen LogP contribution in [0, 0.1) is 0 Å². The molecule has 1 amide bonds. The monoisotopic (exact) mass is 327 g/mol. The molecular weight excluding hydrogens is 317 g/mol. The molecule has 0 aliphatic carbocycles. The molecule has 0 bridgehead atoms. The summed E-state index contributed by atoms with van der Waals surface area (Å²) >= 11 is 13.3. The van der Waals surface area contributed by atoms with Crippen LogP contribution in [0.4, 0.5) is 5.69 Å². The Morgan fingerprint density at radius 1 is 1.45 bits per heavy atom. The molecule has 2 heterocycles. The number of fused-ring (bicyclic) bond motifs is 1. The highest BCUT2D eigenvalue weighted by atomic mass is 35.5. The van der Waals surface area contributed by atoms with E-state index in [2.05, 4.69) is 15.2 Å². The zero-order valence-corrected chi connectivity index (χ0v) is 12.9. The molecule has 2 aliphatic rings. The van der Waals surface area contributed by atoms with Gasteiger partial charge in [-0.25, -0.2) is 0 Å². The lowest BCUT2D eigenvalue weighted by molar-refractivity contribution is -0.112. The van der Waals surface area contributed by atoms with Crippen LogP contribution in [-0.2, 0) is 4.79 Å². The molecule has 7 heteroatoms. The Kier molecular flexibility index (Phi) is 3.67. The second-order valence-electron chi connectivity index (χ2n) is 4.41. The molecule has 104 valence electrons. The van der Waals surface area contributed by atoms with E-state index in [1.807, 2.05) is 6.92 Å². The van der Waals surface area contributed by atoms with Crippen LogP contribution in [0.25, 0.3) is 0 Å². The van der Waals surface area contributed by atoms with E-state index in [0.29, 0.717) is 20.6 Å². The lowest BCUT2D eigenvalue weighted by Crippen LogP contribution is -2.20. The highest BCUT2D eigenvalue weighted by Crippen LogP contribution is 2.37. The maximum atomic E-state index is 12.3. The van der Waals surface area contributed by atoms with E-state index in [9.17, 15) is 4.79 Å². The highest BCUT2D eigenvalue weighted by molar-refractivity contribution is 8.18. The van der Waals surface area contributed by atoms with Crippen molar-refractivity contribution in [1.82, 2.24) is 4.90 Å². The van der Waals surface area contributed by atoms with Crippen molar-refractivity contribution in [1.29, 1.82) is 0 Å². The zero-order valence-electron chi connectivity index (χ0n) is 10.6. The van der Waals surface area contributed by atoms with Crippen LogP contribution >= 0.6 is 35.0 Å². The van der Waals surface area contributed by atoms with E-state index >= 15 is 0 Å². The molecule has 0 saturated heterocycles. The largest absolute Gasteiger partial charge is 0.322 e. The second kappa shape index (κ2) is 5.31. The molecule has 3 rings (SSSR count). The van der Waals surface area contributed by atoms with Crippen LogP contribution in [0.1, 0.15) is 6.92 Å². The number of rotatable bonds is 2. The fourth-order valence-electron chi connectivity index (χ4n) is 2.09. The predicted octanol–water partition coefficient (Wildman–Crippen LogP) is 3.58. The van der Waals surface area contributed by atoms with Gasteiger partial charge in [-0.1, -0.05) is 23.2 Å². The molecule has 0 atom stereocenters. The molecule has 0 unspecified atom stereocenters. The molecule has 2 aliphatic heterocycles. The van der Waals surface area contributed by atoms with Crippen molar-refractivity contribution < 1.29 is 4.79 Å². The number of thioether (sulfide) groups is 1. The number of carbonyl (C=O) groups excluding carboxylic acids is 1. The summed E-state index contributed by atoms with van der Waals surface area (Å²) < 4.78 is 0. The van der Waals surface area contributed by atoms with Gasteiger partial charge in [-0.05, 0) is 36.9 Å². The number of nitrogens with one attached hydrogen (secondary N) is 1. The van der Waals surface area contributed by atoms with Crippen LogP contribution in [0.3, 0.4) is 0 Å². The first-order chi connectivity index (χ1) is 9.56. The molecule has 0 aromatic heterocycles. The highest BCUT2D eigenvalue weighted by Gasteiger charge is 2.33. The summed E-state index contributed by atoms with van der Waals surface area (Å²) in [7, 11) is 0. The van der Waals surface area contributed by atoms with Gasteiger partial charge in [-0.2, -0.15) is 0 Å². The number of amidine groups is 1. The van der Waals surface area contributed by atoms with Crippen molar-refractivity contribution in [2.75, 3.05) is 18.4 Å². The number of carbonyl (C=O) groups is 1. The molecule has 1 N–H and O–H groups in total. The Hall–Kier alpha value is -1.17. The fourth-order valence-corrected chi connectivity index (χ4v) is 3.63. The third kappa shape index (κ3) is 2.41. The Balaban J connectivity index is 1.80. The van der Waals surface area contributed by atoms with E-state index in [-0.39, 0.29) is 5.91 Å². The molecule has 0 saturated carbocycles. The normalized spacial score (nSPS) is 17.4. The van der Waals surface area contributed by atoms with Crippen molar-refractivity contribution in [2.45, 2.75) is 6.92 Å². The third-order valence-corrected chi connectivity index (χ3v) is 4.88. The summed E-state index contributed by atoms with van der Waals surface area (Å²) in [5, 5.41) is 4.66. The third-order valence-electron chi connectivity index (χ3n) is 3.11. The van der Waals surface area contributed by atoms with Crippen LogP contribution in [-0.4, -0.2) is 29.1 Å². The smallest absolute Gasteiger partial charge is 0.264 e. The van der Waals surface area contributed by atoms with Crippen molar-refractivity contribution in [2.24, 2.45) is 4.99 Å². The summed E-state index contributed by atoms with van der Waals surface area (Å²) in [5.74, 6) is -0.172. The van der Waals surface area contributed by atoms with Gasteiger partial charge in [0.05, 0.1) is 22.2 Å². The van der Waals surface area contributed by atoms with E-state index in [4.69, 9.17) is 23.2 Å². The molecule has 0 fully saturated rings. The zero-order chi connectivity index (χ0) is 14.3. The lowest BCUT2D eigenvalue weighted by Gasteiger charge is -2.12. The van der Waals surface area contributed by atoms with Gasteiger partial charge in [0.15, 0.2) is 5.17 Å². The number of hydrogen-bond donors (Lipinski definition) is 1. The Labute approximate surface area is 130 Å². The van der Waals surface area contributed by atoms with Gasteiger partial charge in [0.1, 0.15) is 0 Å². The van der Waals surface area contributed by atoms with Crippen LogP contribution in [0.2, 0.25) is 10.0 Å². The first-order valence-electron chi connectivity index (χ1n) is 6.03. The number of amides is 1. The van der Waals surface area contributed by atoms with Crippen molar-refractivity contribution >= 4 is 51.7 Å². The van der Waals surface area contributed by atoms with Crippen LogP contribution < -0.4 is 5.32 Å². The number of anilines is 1. The molecule has 20 heavy (non-hydrogen) atoms. The average Bonchev–Trinajstić information content (AvgIpc) is 2.96. The molecular formula is C13H11Cl2N3OS. The molecule has 1 aromatic rings. The number of halogens is 2. The second-order valence-corrected chi connectivity index (χ2v) is 6.23. The SMILES string of the molecule is CC1=C(C(=O)Nc2ccc(Cl)cc2Cl)SC2=NCCN21. The number of aliphatic imine (C=N–C) groups is 1. The summed E-state index contributed by atoms with van der Waals surface area (Å²) in [6.45, 7) is 3.56. The van der Waals surface area contributed by atoms with Crippen LogP contribution in [0.5, 0.6) is 0 Å². The standard InChI is InChI=1S/C13H11Cl2N3OS/c1-7-11(20-13-16-4-5-18(7)13)12(19)17-10-3-2-8(14)6-9(10)15/h2-3,6H,4-5H2,1H3,(H,17,19). The summed E-state index contributed by atoms with van der Waals surface area (Å²) in [6.07, 6.45) is 0. The minimum absolute atomic E-state index is 0.172. The molecule has 0 radical (unpaired) electrons. The molecule has 1 aromatic carbocycles. The lowest BCUT2D eigenvalue weighted by atomic mass is 10.3. The predicted molar refractivity (Wildman–Crippen MR) is 84.4 cm³/mol. The van der Waals surface area contributed by atoms with Gasteiger partial charge >= 0.3 is 0 Å². The van der Waals surface area contributed by atoms with Crippen molar-refractivity contribution in [3.8, 4) is 0 Å². The average molecular weight is 328 g/mol. The van der Waals surface area contributed by atoms with Crippen molar-refractivity contribution in [3.05, 3.63) is 38.8 Å². The number of benzene rings is 1. The Morgan fingerprint density at radius 3 is 2.95 bits per heavy atom. The van der Waals surface area contributed by atoms with Gasteiger partial charge in [-0.15, -0.1) is 0 Å². The first kappa shape index (κ1) is 13.8. The summed E-state index contributed by atoms with van der Waals surface area (Å²) in [5.41, 5.74) is 1.49. The van der Waals surface area contributed by atoms with E-state index < -0.39 is 0 Å². The number of nitrogens with zero attached hydrogens (tertiary/aromatic N) is 2. The van der Waals surface area contributed by atoms with Gasteiger partial charge in [-0.3, -0.25) is 9.79 Å². The summed E-state index contributed by atoms with van der Waals surface area (Å²) in [4.78, 5) is 19.4. The Bertz CT molecular complexity index is 657. The Morgan fingerprint density at radius 2 is 2.25 bits per heavy atom. The minimum atomic E-state index is -0.172. The molecule has 4 nitrogen and oxygen atoms in total. The maximum absolute atomic E-state index is 12.3. The number of allylic oxidation sites excluding steroid dienone is 1. The van der Waals surface area contributed by atoms with Crippen molar-refractivity contribution in [3.63, 3.8) is 0 Å². The molecule has 0 spiro atoms. The number of hydrogen-bond acceptors (Lipinski definition) is 4. The van der Waals surface area contributed by atoms with Gasteiger partial charge in [0.2, 0.25) is 0 Å². The van der Waals surface area contributed by atoms with Gasteiger partial charge in [0, 0.05) is 17.3 Å². The van der Waals surface area contributed by atoms with E-state index in [1.165, 1.54) is 11.8 Å². The minimum Gasteiger partial charge on any atom is -0.322 e. The van der Waals surface area contributed by atoms with Gasteiger partial charge in [0.25, 0.3) is 5.91 Å². The summed E-state index contributed by atoms with van der Waals surface area (Å²) in [6, 6.07) is 4.98. The van der Waals surface area contributed by atoms with Gasteiger partial charge < -0.3 is 10.2 Å². The van der Waals surface area contributed by atoms with E-state index in [0.717, 1.165) is 24.0 Å². The first-order valence-corrected chi connectivity index (χ1v) is 7.60.